The monoisotopic (exact) mass is 571 g/mol. The first-order valence-electron chi connectivity index (χ1n) is 13.1. The van der Waals surface area contributed by atoms with Crippen molar-refractivity contribution in [3.63, 3.8) is 0 Å². The Morgan fingerprint density at radius 2 is 1.88 bits per heavy atom. The summed E-state index contributed by atoms with van der Waals surface area (Å²) in [5.41, 5.74) is -1.59. The fourth-order valence-corrected chi connectivity index (χ4v) is 5.21. The van der Waals surface area contributed by atoms with Crippen molar-refractivity contribution in [1.29, 1.82) is 0 Å². The van der Waals surface area contributed by atoms with E-state index in [0.29, 0.717) is 43.0 Å². The Morgan fingerprint density at radius 1 is 1.10 bits per heavy atom. The largest absolute Gasteiger partial charge is 0.495 e. The number of ether oxygens (including phenoxy) is 2. The SMILES string of the molecule is COc1cncc(COc2ccc3c(c2)CCN3c2ncc(C(=O)NC3(C(=O)O)CCCCC3)c(C(F)(F)F)n2)c1. The molecule has 0 unspecified atom stereocenters. The zero-order chi connectivity index (χ0) is 29.2. The number of halogens is 3. The molecule has 3 heterocycles. The molecule has 1 aliphatic carbocycles. The van der Waals surface area contributed by atoms with Gasteiger partial charge in [-0.25, -0.2) is 14.8 Å². The van der Waals surface area contributed by atoms with E-state index in [1.165, 1.54) is 0 Å². The number of carboxylic acid groups (broad SMARTS) is 1. The summed E-state index contributed by atoms with van der Waals surface area (Å²) in [5.74, 6) is -1.47. The maximum absolute atomic E-state index is 14.1. The van der Waals surface area contributed by atoms with Gasteiger partial charge in [0.2, 0.25) is 5.95 Å². The molecule has 2 aliphatic rings. The van der Waals surface area contributed by atoms with Crippen molar-refractivity contribution >= 4 is 23.5 Å². The molecule has 41 heavy (non-hydrogen) atoms. The van der Waals surface area contributed by atoms with E-state index in [9.17, 15) is 27.9 Å². The molecule has 216 valence electrons. The van der Waals surface area contributed by atoms with Crippen LogP contribution < -0.4 is 19.7 Å². The molecular formula is C28H28F3N5O5. The predicted octanol–water partition coefficient (Wildman–Crippen LogP) is 4.69. The van der Waals surface area contributed by atoms with Gasteiger partial charge in [-0.2, -0.15) is 13.2 Å². The quantitative estimate of drug-likeness (QED) is 0.396. The third-order valence-corrected chi connectivity index (χ3v) is 7.36. The zero-order valence-corrected chi connectivity index (χ0v) is 22.2. The van der Waals surface area contributed by atoms with E-state index >= 15 is 0 Å². The number of anilines is 2. The van der Waals surface area contributed by atoms with E-state index in [-0.39, 0.29) is 25.4 Å². The number of hydrogen-bond acceptors (Lipinski definition) is 8. The predicted molar refractivity (Wildman–Crippen MR) is 140 cm³/mol. The van der Waals surface area contributed by atoms with Crippen LogP contribution in [0.5, 0.6) is 11.5 Å². The number of nitrogens with one attached hydrogen (secondary N) is 1. The number of nitrogens with zero attached hydrogens (tertiary/aromatic N) is 4. The number of pyridine rings is 1. The topological polar surface area (TPSA) is 127 Å². The van der Waals surface area contributed by atoms with Crippen molar-refractivity contribution in [3.8, 4) is 11.5 Å². The second kappa shape index (κ2) is 11.2. The molecule has 2 N–H and O–H groups in total. The van der Waals surface area contributed by atoms with E-state index < -0.39 is 34.8 Å². The minimum atomic E-state index is -4.97. The Bertz CT molecular complexity index is 1460. The summed E-state index contributed by atoms with van der Waals surface area (Å²) in [7, 11) is 1.55. The highest BCUT2D eigenvalue weighted by atomic mass is 19.4. The van der Waals surface area contributed by atoms with Gasteiger partial charge >= 0.3 is 12.1 Å². The number of carboxylic acids is 1. The summed E-state index contributed by atoms with van der Waals surface area (Å²) in [6.45, 7) is 0.570. The highest BCUT2D eigenvalue weighted by molar-refractivity contribution is 5.98. The molecule has 3 aromatic rings. The van der Waals surface area contributed by atoms with Crippen LogP contribution in [0.3, 0.4) is 0 Å². The van der Waals surface area contributed by atoms with Crippen molar-refractivity contribution in [3.05, 3.63) is 65.2 Å². The Balaban J connectivity index is 1.36. The lowest BCUT2D eigenvalue weighted by molar-refractivity contribution is -0.145. The molecule has 1 aromatic carbocycles. The number of aromatic nitrogens is 3. The number of benzene rings is 1. The van der Waals surface area contributed by atoms with Gasteiger partial charge in [-0.3, -0.25) is 9.78 Å². The van der Waals surface area contributed by atoms with Gasteiger partial charge in [-0.05, 0) is 49.1 Å². The molecule has 2 aromatic heterocycles. The van der Waals surface area contributed by atoms with Crippen molar-refractivity contribution in [2.45, 2.75) is 56.8 Å². The molecule has 0 atom stereocenters. The number of alkyl halides is 3. The fourth-order valence-electron chi connectivity index (χ4n) is 5.21. The van der Waals surface area contributed by atoms with E-state index in [1.807, 2.05) is 6.07 Å². The van der Waals surface area contributed by atoms with Crippen LogP contribution in [0, 0.1) is 0 Å². The molecule has 0 saturated heterocycles. The third kappa shape index (κ3) is 5.88. The van der Waals surface area contributed by atoms with Crippen molar-refractivity contribution in [2.75, 3.05) is 18.6 Å². The number of carbonyl (C=O) groups is 2. The molecule has 0 bridgehead atoms. The first kappa shape index (κ1) is 28.1. The van der Waals surface area contributed by atoms with Gasteiger partial charge in [0.15, 0.2) is 5.69 Å². The number of carbonyl (C=O) groups excluding carboxylic acids is 1. The van der Waals surface area contributed by atoms with Gasteiger partial charge in [-0.15, -0.1) is 0 Å². The van der Waals surface area contributed by atoms with Gasteiger partial charge in [0, 0.05) is 30.2 Å². The Hall–Kier alpha value is -4.42. The highest BCUT2D eigenvalue weighted by Gasteiger charge is 2.44. The minimum Gasteiger partial charge on any atom is -0.495 e. The van der Waals surface area contributed by atoms with Crippen molar-refractivity contribution < 1.29 is 37.3 Å². The molecular weight excluding hydrogens is 543 g/mol. The van der Waals surface area contributed by atoms with E-state index in [0.717, 1.165) is 23.7 Å². The molecule has 13 heteroatoms. The first-order chi connectivity index (χ1) is 19.6. The smallest absolute Gasteiger partial charge is 0.434 e. The summed E-state index contributed by atoms with van der Waals surface area (Å²) >= 11 is 0. The Labute approximate surface area is 233 Å². The molecule has 1 fully saturated rings. The van der Waals surface area contributed by atoms with Gasteiger partial charge < -0.3 is 24.8 Å². The van der Waals surface area contributed by atoms with Gasteiger partial charge in [0.05, 0.1) is 18.9 Å². The zero-order valence-electron chi connectivity index (χ0n) is 22.2. The van der Waals surface area contributed by atoms with E-state index in [2.05, 4.69) is 20.3 Å². The number of aliphatic carboxylic acids is 1. The number of methoxy groups -OCH3 is 1. The Kier molecular flexibility index (Phi) is 7.70. The lowest BCUT2D eigenvalue weighted by Gasteiger charge is -2.34. The number of hydrogen-bond donors (Lipinski definition) is 2. The van der Waals surface area contributed by atoms with E-state index in [1.54, 1.807) is 42.6 Å². The molecule has 1 saturated carbocycles. The third-order valence-electron chi connectivity index (χ3n) is 7.36. The fraction of sp³-hybridized carbons (Fsp3) is 0.393. The lowest BCUT2D eigenvalue weighted by atomic mass is 9.81. The van der Waals surface area contributed by atoms with Crippen molar-refractivity contribution in [1.82, 2.24) is 20.3 Å². The summed E-state index contributed by atoms with van der Waals surface area (Å²) < 4.78 is 53.3. The average molecular weight is 572 g/mol. The first-order valence-corrected chi connectivity index (χ1v) is 13.1. The normalized spacial score (nSPS) is 16.1. The van der Waals surface area contributed by atoms with Crippen LogP contribution >= 0.6 is 0 Å². The summed E-state index contributed by atoms with van der Waals surface area (Å²) in [6, 6.07) is 7.04. The average Bonchev–Trinajstić information content (AvgIpc) is 3.39. The second-order valence-corrected chi connectivity index (χ2v) is 10.0. The van der Waals surface area contributed by atoms with Gasteiger partial charge in [-0.1, -0.05) is 19.3 Å². The molecule has 1 aliphatic heterocycles. The molecule has 1 amide bonds. The number of rotatable bonds is 8. The summed E-state index contributed by atoms with van der Waals surface area (Å²) in [4.78, 5) is 38.4. The molecule has 0 radical (unpaired) electrons. The highest BCUT2D eigenvalue weighted by Crippen LogP contribution is 2.38. The standard InChI is InChI=1S/C28H28F3N5O5/c1-40-20-11-17(13-32-14-20)16-41-19-5-6-22-18(12-19)7-10-36(22)26-33-15-21(23(34-26)28(29,30)31)24(37)35-27(25(38)39)8-3-2-4-9-27/h5-6,11-15H,2-4,7-10,16H2,1H3,(H,35,37)(H,38,39). The number of fused-ring (bicyclic) bond motifs is 1. The Morgan fingerprint density at radius 3 is 2.59 bits per heavy atom. The second-order valence-electron chi connectivity index (χ2n) is 10.0. The van der Waals surface area contributed by atoms with Crippen LogP contribution in [-0.2, 0) is 24.0 Å². The van der Waals surface area contributed by atoms with Crippen LogP contribution in [0.25, 0.3) is 0 Å². The van der Waals surface area contributed by atoms with Crippen LogP contribution in [0.1, 0.15) is 59.3 Å². The lowest BCUT2D eigenvalue weighted by Crippen LogP contribution is -2.55. The molecule has 5 rings (SSSR count). The maximum Gasteiger partial charge on any atom is 0.434 e. The summed E-state index contributed by atoms with van der Waals surface area (Å²) in [5, 5.41) is 12.1. The van der Waals surface area contributed by atoms with Crippen LogP contribution in [0.4, 0.5) is 24.8 Å². The van der Waals surface area contributed by atoms with Crippen molar-refractivity contribution in [2.24, 2.45) is 0 Å². The number of amides is 1. The van der Waals surface area contributed by atoms with Gasteiger partial charge in [0.25, 0.3) is 5.91 Å². The van der Waals surface area contributed by atoms with E-state index in [4.69, 9.17) is 9.47 Å². The summed E-state index contributed by atoms with van der Waals surface area (Å²) in [6.07, 6.45) is 1.78. The minimum absolute atomic E-state index is 0.140. The van der Waals surface area contributed by atoms with Crippen LogP contribution in [0.2, 0.25) is 0 Å². The molecule has 10 nitrogen and oxygen atoms in total. The van der Waals surface area contributed by atoms with Crippen LogP contribution in [-0.4, -0.2) is 51.1 Å². The van der Waals surface area contributed by atoms with Gasteiger partial charge in [0.1, 0.15) is 23.6 Å². The molecule has 0 spiro atoms. The van der Waals surface area contributed by atoms with Crippen LogP contribution in [0.15, 0.2) is 42.9 Å². The maximum atomic E-state index is 14.1.